The van der Waals surface area contributed by atoms with Gasteiger partial charge in [-0.1, -0.05) is 39.0 Å². The van der Waals surface area contributed by atoms with Crippen LogP contribution in [0.4, 0.5) is 0 Å². The molecule has 2 atom stereocenters. The molecule has 110 valence electrons. The Hall–Kier alpha value is -0.670. The Balaban J connectivity index is 2.09. The number of benzene rings is 1. The molecule has 0 bridgehead atoms. The Morgan fingerprint density at radius 3 is 2.80 bits per heavy atom. The molecule has 1 aliphatic rings. The smallest absolute Gasteiger partial charge is 0.228 e. The van der Waals surface area contributed by atoms with Gasteiger partial charge in [0, 0.05) is 22.6 Å². The quantitative estimate of drug-likeness (QED) is 0.850. The first kappa shape index (κ1) is 15.7. The molecule has 1 amide bonds. The van der Waals surface area contributed by atoms with E-state index in [0.717, 1.165) is 17.7 Å². The van der Waals surface area contributed by atoms with Crippen LogP contribution in [0.1, 0.15) is 38.7 Å². The van der Waals surface area contributed by atoms with Gasteiger partial charge in [-0.2, -0.15) is 0 Å². The fraction of sp³-hybridized carbons (Fsp3) is 0.562. The maximum atomic E-state index is 12.6. The predicted octanol–water partition coefficient (Wildman–Crippen LogP) is 4.04. The second-order valence-electron chi connectivity index (χ2n) is 6.31. The largest absolute Gasteiger partial charge is 0.352 e. The molecule has 20 heavy (non-hydrogen) atoms. The number of alkyl halides is 1. The van der Waals surface area contributed by atoms with Crippen LogP contribution in [0.3, 0.4) is 0 Å². The van der Waals surface area contributed by atoms with Crippen molar-refractivity contribution in [1.82, 2.24) is 5.32 Å². The highest BCUT2D eigenvalue weighted by Crippen LogP contribution is 2.39. The number of amides is 1. The van der Waals surface area contributed by atoms with E-state index in [4.69, 9.17) is 11.6 Å². The van der Waals surface area contributed by atoms with E-state index >= 15 is 0 Å². The number of hydrogen-bond acceptors (Lipinski definition) is 2. The van der Waals surface area contributed by atoms with Crippen molar-refractivity contribution in [1.29, 1.82) is 0 Å². The zero-order chi connectivity index (χ0) is 14.8. The third kappa shape index (κ3) is 3.50. The Labute approximate surface area is 130 Å². The molecule has 0 radical (unpaired) electrons. The topological polar surface area (TPSA) is 29.1 Å². The SMILES string of the molecule is CC(C)(C)C(CCCl)NC(=O)C1CSc2ccccc21. The molecule has 0 saturated carbocycles. The van der Waals surface area contributed by atoms with Crippen molar-refractivity contribution in [2.45, 2.75) is 44.0 Å². The molecule has 1 N–H and O–H groups in total. The molecule has 2 nitrogen and oxygen atoms in total. The maximum Gasteiger partial charge on any atom is 0.228 e. The van der Waals surface area contributed by atoms with Crippen LogP contribution in [0.2, 0.25) is 0 Å². The van der Waals surface area contributed by atoms with E-state index < -0.39 is 0 Å². The van der Waals surface area contributed by atoms with Gasteiger partial charge in [-0.15, -0.1) is 23.4 Å². The monoisotopic (exact) mass is 311 g/mol. The van der Waals surface area contributed by atoms with Gasteiger partial charge in [-0.25, -0.2) is 0 Å². The summed E-state index contributed by atoms with van der Waals surface area (Å²) in [5, 5.41) is 3.20. The second-order valence-corrected chi connectivity index (χ2v) is 7.75. The van der Waals surface area contributed by atoms with Gasteiger partial charge >= 0.3 is 0 Å². The Kier molecular flexibility index (Phi) is 5.03. The summed E-state index contributed by atoms with van der Waals surface area (Å²) in [6.07, 6.45) is 0.804. The summed E-state index contributed by atoms with van der Waals surface area (Å²) in [6.45, 7) is 6.42. The maximum absolute atomic E-state index is 12.6. The van der Waals surface area contributed by atoms with Crippen molar-refractivity contribution >= 4 is 29.3 Å². The lowest BCUT2D eigenvalue weighted by molar-refractivity contribution is -0.123. The molecule has 0 aromatic heterocycles. The summed E-state index contributed by atoms with van der Waals surface area (Å²) in [5.41, 5.74) is 1.18. The molecular formula is C16H22ClNOS. The first-order valence-corrected chi connectivity index (χ1v) is 8.53. The molecule has 2 rings (SSSR count). The third-order valence-corrected chi connectivity index (χ3v) is 5.18. The first-order chi connectivity index (χ1) is 9.43. The van der Waals surface area contributed by atoms with E-state index in [-0.39, 0.29) is 23.3 Å². The number of thioether (sulfide) groups is 1. The summed E-state index contributed by atoms with van der Waals surface area (Å²) in [5.74, 6) is 1.50. The van der Waals surface area contributed by atoms with Crippen molar-refractivity contribution in [3.05, 3.63) is 29.8 Å². The fourth-order valence-electron chi connectivity index (χ4n) is 2.48. The standard InChI is InChI=1S/C16H22ClNOS/c1-16(2,3)14(8-9-17)18-15(19)12-10-20-13-7-5-4-6-11(12)13/h4-7,12,14H,8-10H2,1-3H3,(H,18,19). The van der Waals surface area contributed by atoms with Crippen LogP contribution in [0, 0.1) is 5.41 Å². The zero-order valence-electron chi connectivity index (χ0n) is 12.3. The lowest BCUT2D eigenvalue weighted by Crippen LogP contribution is -2.45. The first-order valence-electron chi connectivity index (χ1n) is 7.01. The number of carbonyl (C=O) groups is 1. The minimum atomic E-state index is -0.0311. The zero-order valence-corrected chi connectivity index (χ0v) is 13.9. The Morgan fingerprint density at radius 2 is 2.15 bits per heavy atom. The van der Waals surface area contributed by atoms with E-state index in [9.17, 15) is 4.79 Å². The van der Waals surface area contributed by atoms with Crippen LogP contribution in [0.25, 0.3) is 0 Å². The van der Waals surface area contributed by atoms with E-state index in [0.29, 0.717) is 5.88 Å². The number of hydrogen-bond donors (Lipinski definition) is 1. The van der Waals surface area contributed by atoms with Gasteiger partial charge in [-0.3, -0.25) is 4.79 Å². The molecule has 4 heteroatoms. The van der Waals surface area contributed by atoms with Gasteiger partial charge < -0.3 is 5.32 Å². The molecule has 0 fully saturated rings. The van der Waals surface area contributed by atoms with Gasteiger partial charge in [0.1, 0.15) is 0 Å². The van der Waals surface area contributed by atoms with Gasteiger partial charge in [0.15, 0.2) is 0 Å². The van der Waals surface area contributed by atoms with Crippen molar-refractivity contribution in [3.63, 3.8) is 0 Å². The van der Waals surface area contributed by atoms with E-state index in [1.807, 2.05) is 12.1 Å². The molecule has 2 unspecified atom stereocenters. The van der Waals surface area contributed by atoms with Crippen LogP contribution in [0.5, 0.6) is 0 Å². The van der Waals surface area contributed by atoms with Gasteiger partial charge in [0.2, 0.25) is 5.91 Å². The van der Waals surface area contributed by atoms with Crippen LogP contribution in [-0.4, -0.2) is 23.6 Å². The van der Waals surface area contributed by atoms with Crippen LogP contribution >= 0.6 is 23.4 Å². The Morgan fingerprint density at radius 1 is 1.45 bits per heavy atom. The minimum absolute atomic E-state index is 0.0236. The summed E-state index contributed by atoms with van der Waals surface area (Å²) >= 11 is 7.64. The molecule has 1 aromatic rings. The highest BCUT2D eigenvalue weighted by Gasteiger charge is 2.32. The number of fused-ring (bicyclic) bond motifs is 1. The normalized spacial score (nSPS) is 19.5. The molecule has 1 aromatic carbocycles. The lowest BCUT2D eigenvalue weighted by atomic mass is 9.84. The second kappa shape index (κ2) is 6.40. The van der Waals surface area contributed by atoms with E-state index in [2.05, 4.69) is 38.2 Å². The van der Waals surface area contributed by atoms with Crippen LogP contribution in [-0.2, 0) is 4.79 Å². The van der Waals surface area contributed by atoms with Gasteiger partial charge in [-0.05, 0) is 23.5 Å². The number of rotatable bonds is 4. The fourth-order valence-corrected chi connectivity index (χ4v) is 3.93. The highest BCUT2D eigenvalue weighted by atomic mass is 35.5. The summed E-state index contributed by atoms with van der Waals surface area (Å²) in [4.78, 5) is 13.8. The van der Waals surface area contributed by atoms with E-state index in [1.54, 1.807) is 11.8 Å². The molecule has 1 heterocycles. The Bertz CT molecular complexity index is 484. The number of carbonyl (C=O) groups excluding carboxylic acids is 1. The molecular weight excluding hydrogens is 290 g/mol. The lowest BCUT2D eigenvalue weighted by Gasteiger charge is -2.32. The van der Waals surface area contributed by atoms with E-state index in [1.165, 1.54) is 4.90 Å². The van der Waals surface area contributed by atoms with Gasteiger partial charge in [0.05, 0.1) is 5.92 Å². The molecule has 0 spiro atoms. The molecule has 1 aliphatic heterocycles. The average molecular weight is 312 g/mol. The van der Waals surface area contributed by atoms with Crippen molar-refractivity contribution in [2.75, 3.05) is 11.6 Å². The van der Waals surface area contributed by atoms with Gasteiger partial charge in [0.25, 0.3) is 0 Å². The minimum Gasteiger partial charge on any atom is -0.352 e. The van der Waals surface area contributed by atoms with Crippen molar-refractivity contribution < 1.29 is 4.79 Å². The van der Waals surface area contributed by atoms with Crippen molar-refractivity contribution in [2.24, 2.45) is 5.41 Å². The van der Waals surface area contributed by atoms with Crippen molar-refractivity contribution in [3.8, 4) is 0 Å². The van der Waals surface area contributed by atoms with Crippen LogP contribution < -0.4 is 5.32 Å². The van der Waals surface area contributed by atoms with Crippen LogP contribution in [0.15, 0.2) is 29.2 Å². The summed E-state index contributed by atoms with van der Waals surface area (Å²) in [6, 6.07) is 8.30. The summed E-state index contributed by atoms with van der Waals surface area (Å²) < 4.78 is 0. The highest BCUT2D eigenvalue weighted by molar-refractivity contribution is 7.99. The third-order valence-electron chi connectivity index (χ3n) is 3.78. The number of nitrogens with one attached hydrogen (secondary N) is 1. The summed E-state index contributed by atoms with van der Waals surface area (Å²) in [7, 11) is 0. The molecule has 0 saturated heterocycles. The predicted molar refractivity (Wildman–Crippen MR) is 86.6 cm³/mol. The number of halogens is 1. The molecule has 0 aliphatic carbocycles. The average Bonchev–Trinajstić information content (AvgIpc) is 2.81.